The van der Waals surface area contributed by atoms with E-state index in [0.29, 0.717) is 24.3 Å². The molecule has 0 radical (unpaired) electrons. The van der Waals surface area contributed by atoms with Crippen molar-refractivity contribution in [2.45, 2.75) is 25.6 Å². The Morgan fingerprint density at radius 3 is 2.85 bits per heavy atom. The molecule has 1 fully saturated rings. The number of nitrogens with zero attached hydrogens (tertiary/aromatic N) is 3. The van der Waals surface area contributed by atoms with Crippen molar-refractivity contribution >= 4 is 12.2 Å². The van der Waals surface area contributed by atoms with E-state index < -0.39 is 0 Å². The lowest BCUT2D eigenvalue weighted by molar-refractivity contribution is 0.173. The number of ether oxygens (including phenoxy) is 2. The molecule has 0 bridgehead atoms. The first-order valence-electron chi connectivity index (χ1n) is 9.14. The van der Waals surface area contributed by atoms with Crippen LogP contribution in [0, 0.1) is 4.77 Å². The third-order valence-corrected chi connectivity index (χ3v) is 5.51. The highest BCUT2D eigenvalue weighted by Crippen LogP contribution is 2.39. The number of hydrogen-bond acceptors (Lipinski definition) is 5. The number of aromatic nitrogens is 3. The van der Waals surface area contributed by atoms with Crippen molar-refractivity contribution in [2.75, 3.05) is 13.3 Å². The van der Waals surface area contributed by atoms with Crippen molar-refractivity contribution in [3.63, 3.8) is 0 Å². The van der Waals surface area contributed by atoms with E-state index in [1.807, 2.05) is 41.1 Å². The Bertz CT molecular complexity index is 1010. The molecule has 1 saturated heterocycles. The molecule has 1 unspecified atom stereocenters. The van der Waals surface area contributed by atoms with Gasteiger partial charge < -0.3 is 9.47 Å². The van der Waals surface area contributed by atoms with E-state index in [2.05, 4.69) is 27.1 Å². The highest BCUT2D eigenvalue weighted by molar-refractivity contribution is 7.71. The second kappa shape index (κ2) is 6.83. The Labute approximate surface area is 162 Å². The minimum Gasteiger partial charge on any atom is -0.454 e. The number of H-pyrrole nitrogens is 1. The number of aromatic amines is 1. The normalized spacial score (nSPS) is 18.9. The molecule has 3 heterocycles. The van der Waals surface area contributed by atoms with Gasteiger partial charge in [0.25, 0.3) is 0 Å². The lowest BCUT2D eigenvalue weighted by Gasteiger charge is -2.25. The maximum atomic E-state index is 5.54. The number of hydrogen-bond donors (Lipinski definition) is 1. The first-order chi connectivity index (χ1) is 13.3. The number of rotatable bonds is 4. The zero-order valence-electron chi connectivity index (χ0n) is 14.8. The first-order valence-corrected chi connectivity index (χ1v) is 9.54. The molecule has 1 aromatic heterocycles. The van der Waals surface area contributed by atoms with Crippen molar-refractivity contribution < 1.29 is 9.47 Å². The fourth-order valence-electron chi connectivity index (χ4n) is 3.85. The van der Waals surface area contributed by atoms with Crippen LogP contribution >= 0.6 is 12.2 Å². The molecule has 3 aromatic rings. The molecule has 1 N–H and O–H groups in total. The van der Waals surface area contributed by atoms with Crippen LogP contribution in [0.25, 0.3) is 11.4 Å². The number of likely N-dealkylation sites (tertiary alicyclic amines) is 1. The highest BCUT2D eigenvalue weighted by Gasteiger charge is 2.28. The van der Waals surface area contributed by atoms with Crippen LogP contribution in [-0.4, -0.2) is 33.0 Å². The monoisotopic (exact) mass is 380 g/mol. The van der Waals surface area contributed by atoms with Gasteiger partial charge in [-0.3, -0.25) is 10.00 Å². The van der Waals surface area contributed by atoms with Crippen LogP contribution in [-0.2, 0) is 6.67 Å². The van der Waals surface area contributed by atoms with Crippen molar-refractivity contribution in [3.8, 4) is 22.9 Å². The Hall–Kier alpha value is -2.64. The predicted octanol–water partition coefficient (Wildman–Crippen LogP) is 4.13. The summed E-state index contributed by atoms with van der Waals surface area (Å²) in [5.74, 6) is 2.47. The number of fused-ring (bicyclic) bond motifs is 1. The largest absolute Gasteiger partial charge is 0.454 e. The van der Waals surface area contributed by atoms with E-state index in [9.17, 15) is 0 Å². The van der Waals surface area contributed by atoms with Crippen LogP contribution in [0.15, 0.2) is 48.5 Å². The van der Waals surface area contributed by atoms with Crippen LogP contribution in [0.4, 0.5) is 0 Å². The minimum atomic E-state index is 0.304. The topological polar surface area (TPSA) is 55.3 Å². The van der Waals surface area contributed by atoms with Gasteiger partial charge in [-0.05, 0) is 42.8 Å². The van der Waals surface area contributed by atoms with Crippen LogP contribution in [0.1, 0.15) is 24.4 Å². The lowest BCUT2D eigenvalue weighted by atomic mass is 10.0. The molecule has 0 spiro atoms. The van der Waals surface area contributed by atoms with Gasteiger partial charge in [0, 0.05) is 18.2 Å². The number of benzene rings is 2. The Morgan fingerprint density at radius 1 is 1.11 bits per heavy atom. The van der Waals surface area contributed by atoms with E-state index in [4.69, 9.17) is 21.7 Å². The van der Waals surface area contributed by atoms with Crippen molar-refractivity contribution in [1.82, 2.24) is 19.7 Å². The average Bonchev–Trinajstić information content (AvgIpc) is 3.42. The van der Waals surface area contributed by atoms with E-state index in [1.165, 1.54) is 5.56 Å². The van der Waals surface area contributed by atoms with Gasteiger partial charge >= 0.3 is 0 Å². The minimum absolute atomic E-state index is 0.304. The SMILES string of the molecule is S=c1nc(-c2ccccc2)[nH]n1CN1CCCC1c1ccc2c(c1)OCO2. The van der Waals surface area contributed by atoms with Crippen LogP contribution in [0.5, 0.6) is 11.5 Å². The molecule has 27 heavy (non-hydrogen) atoms. The van der Waals surface area contributed by atoms with Gasteiger partial charge in [-0.2, -0.15) is 4.98 Å². The third-order valence-electron chi connectivity index (χ3n) is 5.19. The highest BCUT2D eigenvalue weighted by atomic mass is 32.1. The average molecular weight is 380 g/mol. The maximum absolute atomic E-state index is 5.54. The standard InChI is InChI=1S/C20H20N4O2S/c27-20-21-19(14-5-2-1-3-6-14)22-24(20)12-23-10-4-7-16(23)15-8-9-17-18(11-15)26-13-25-17/h1-3,5-6,8-9,11,16H,4,7,10,12-13H2,(H,21,22,27). The molecule has 2 aliphatic rings. The van der Waals surface area contributed by atoms with Gasteiger partial charge in [0.05, 0.1) is 6.67 Å². The second-order valence-electron chi connectivity index (χ2n) is 6.87. The summed E-state index contributed by atoms with van der Waals surface area (Å²) in [5.41, 5.74) is 2.29. The Balaban J connectivity index is 1.39. The van der Waals surface area contributed by atoms with Gasteiger partial charge in [-0.25, -0.2) is 4.68 Å². The Morgan fingerprint density at radius 2 is 1.96 bits per heavy atom. The smallest absolute Gasteiger partial charge is 0.231 e. The summed E-state index contributed by atoms with van der Waals surface area (Å²) < 4.78 is 13.5. The summed E-state index contributed by atoms with van der Waals surface area (Å²) in [5, 5.41) is 3.35. The summed E-state index contributed by atoms with van der Waals surface area (Å²) >= 11 is 5.49. The first kappa shape index (κ1) is 16.5. The quantitative estimate of drug-likeness (QED) is 0.690. The van der Waals surface area contributed by atoms with E-state index in [0.717, 1.165) is 42.3 Å². The lowest BCUT2D eigenvalue weighted by Crippen LogP contribution is -2.26. The summed E-state index contributed by atoms with van der Waals surface area (Å²) in [6, 6.07) is 16.6. The molecule has 0 saturated carbocycles. The molecular formula is C20H20N4O2S. The van der Waals surface area contributed by atoms with Gasteiger partial charge in [0.2, 0.25) is 11.6 Å². The van der Waals surface area contributed by atoms with Crippen molar-refractivity contribution in [2.24, 2.45) is 0 Å². The summed E-state index contributed by atoms with van der Waals surface area (Å²) in [6.45, 7) is 2.02. The zero-order valence-corrected chi connectivity index (χ0v) is 15.6. The molecule has 2 aliphatic heterocycles. The summed E-state index contributed by atoms with van der Waals surface area (Å²) in [4.78, 5) is 6.96. The zero-order chi connectivity index (χ0) is 18.2. The molecule has 7 heteroatoms. The van der Waals surface area contributed by atoms with Crippen LogP contribution in [0.3, 0.4) is 0 Å². The molecule has 138 valence electrons. The van der Waals surface area contributed by atoms with Gasteiger partial charge in [0.15, 0.2) is 17.3 Å². The molecule has 1 atom stereocenters. The van der Waals surface area contributed by atoms with Crippen LogP contribution < -0.4 is 9.47 Å². The summed E-state index contributed by atoms with van der Waals surface area (Å²) in [6.07, 6.45) is 2.28. The van der Waals surface area contributed by atoms with E-state index >= 15 is 0 Å². The number of nitrogens with one attached hydrogen (secondary N) is 1. The second-order valence-corrected chi connectivity index (χ2v) is 7.24. The van der Waals surface area contributed by atoms with Crippen molar-refractivity contribution in [3.05, 3.63) is 58.9 Å². The van der Waals surface area contributed by atoms with Gasteiger partial charge in [0.1, 0.15) is 0 Å². The maximum Gasteiger partial charge on any atom is 0.231 e. The summed E-state index contributed by atoms with van der Waals surface area (Å²) in [7, 11) is 0. The van der Waals surface area contributed by atoms with Crippen molar-refractivity contribution in [1.29, 1.82) is 0 Å². The molecule has 5 rings (SSSR count). The van der Waals surface area contributed by atoms with Crippen LogP contribution in [0.2, 0.25) is 0 Å². The molecule has 0 amide bonds. The molecule has 2 aromatic carbocycles. The predicted molar refractivity (Wildman–Crippen MR) is 104 cm³/mol. The van der Waals surface area contributed by atoms with E-state index in [1.54, 1.807) is 0 Å². The third kappa shape index (κ3) is 3.13. The fourth-order valence-corrected chi connectivity index (χ4v) is 4.05. The van der Waals surface area contributed by atoms with E-state index in [-0.39, 0.29) is 0 Å². The van der Waals surface area contributed by atoms with Gasteiger partial charge in [-0.15, -0.1) is 0 Å². The molecule has 6 nitrogen and oxygen atoms in total. The molecule has 0 aliphatic carbocycles. The fraction of sp³-hybridized carbons (Fsp3) is 0.300. The Kier molecular flexibility index (Phi) is 4.18. The van der Waals surface area contributed by atoms with Gasteiger partial charge in [-0.1, -0.05) is 36.4 Å². The molecular weight excluding hydrogens is 360 g/mol.